The summed E-state index contributed by atoms with van der Waals surface area (Å²) in [5.41, 5.74) is 2.72. The van der Waals surface area contributed by atoms with Crippen LogP contribution in [0.3, 0.4) is 0 Å². The molecule has 1 saturated heterocycles. The molecule has 3 aliphatic rings. The van der Waals surface area contributed by atoms with Crippen molar-refractivity contribution < 1.29 is 4.79 Å². The molecule has 4 atom stereocenters. The summed E-state index contributed by atoms with van der Waals surface area (Å²) in [4.78, 5) is 12.6. The highest BCUT2D eigenvalue weighted by Crippen LogP contribution is 2.38. The van der Waals surface area contributed by atoms with E-state index in [1.807, 2.05) is 0 Å². The van der Waals surface area contributed by atoms with Crippen LogP contribution in [0, 0.1) is 11.8 Å². The lowest BCUT2D eigenvalue weighted by atomic mass is 9.93. The summed E-state index contributed by atoms with van der Waals surface area (Å²) in [6.45, 7) is 1.03. The van der Waals surface area contributed by atoms with Gasteiger partial charge in [0.05, 0.1) is 12.1 Å². The van der Waals surface area contributed by atoms with E-state index in [-0.39, 0.29) is 18.0 Å². The molecule has 20 heavy (non-hydrogen) atoms. The fourth-order valence-electron chi connectivity index (χ4n) is 4.44. The number of nitrogens with one attached hydrogen (secondary N) is 2. The standard InChI is InChI=1S/C17H22N2O/c20-17(16-14-7-3-5-12(14)10-18-16)19-15-9-8-11-4-1-2-6-13(11)15/h1-2,4,6,12,14-16,18H,3,5,7-10H2,(H,19,20). The van der Waals surface area contributed by atoms with Gasteiger partial charge in [-0.2, -0.15) is 0 Å². The van der Waals surface area contributed by atoms with Crippen molar-refractivity contribution in [3.05, 3.63) is 35.4 Å². The van der Waals surface area contributed by atoms with E-state index < -0.39 is 0 Å². The highest BCUT2D eigenvalue weighted by atomic mass is 16.2. The van der Waals surface area contributed by atoms with E-state index in [0.717, 1.165) is 25.3 Å². The van der Waals surface area contributed by atoms with Crippen LogP contribution in [-0.4, -0.2) is 18.5 Å². The Labute approximate surface area is 120 Å². The molecule has 0 radical (unpaired) electrons. The van der Waals surface area contributed by atoms with E-state index in [1.165, 1.54) is 30.4 Å². The topological polar surface area (TPSA) is 41.1 Å². The van der Waals surface area contributed by atoms with Crippen LogP contribution in [0.1, 0.15) is 42.9 Å². The Balaban J connectivity index is 1.46. The maximum atomic E-state index is 12.6. The van der Waals surface area contributed by atoms with Gasteiger partial charge in [0, 0.05) is 0 Å². The lowest BCUT2D eigenvalue weighted by Gasteiger charge is -2.21. The van der Waals surface area contributed by atoms with Gasteiger partial charge in [0.15, 0.2) is 0 Å². The zero-order valence-corrected chi connectivity index (χ0v) is 11.8. The van der Waals surface area contributed by atoms with Gasteiger partial charge in [-0.05, 0) is 55.2 Å². The first-order chi connectivity index (χ1) is 9.83. The van der Waals surface area contributed by atoms with Crippen molar-refractivity contribution in [2.45, 2.75) is 44.2 Å². The van der Waals surface area contributed by atoms with Crippen molar-refractivity contribution in [2.75, 3.05) is 6.54 Å². The van der Waals surface area contributed by atoms with Gasteiger partial charge in [-0.15, -0.1) is 0 Å². The highest BCUT2D eigenvalue weighted by Gasteiger charge is 2.43. The number of carbonyl (C=O) groups excluding carboxylic acids is 1. The van der Waals surface area contributed by atoms with Crippen molar-refractivity contribution in [1.29, 1.82) is 0 Å². The summed E-state index contributed by atoms with van der Waals surface area (Å²) in [5, 5.41) is 6.73. The number of hydrogen-bond acceptors (Lipinski definition) is 2. The quantitative estimate of drug-likeness (QED) is 0.865. The third-order valence-corrected chi connectivity index (χ3v) is 5.48. The predicted octanol–water partition coefficient (Wildman–Crippen LogP) is 2.18. The third kappa shape index (κ3) is 1.96. The van der Waals surface area contributed by atoms with Crippen molar-refractivity contribution >= 4 is 5.91 Å². The van der Waals surface area contributed by atoms with Crippen LogP contribution in [-0.2, 0) is 11.2 Å². The van der Waals surface area contributed by atoms with Gasteiger partial charge in [0.1, 0.15) is 0 Å². The molecule has 2 N–H and O–H groups in total. The van der Waals surface area contributed by atoms with Crippen LogP contribution in [0.2, 0.25) is 0 Å². The van der Waals surface area contributed by atoms with Crippen LogP contribution in [0.25, 0.3) is 0 Å². The fraction of sp³-hybridized carbons (Fsp3) is 0.588. The molecular formula is C17H22N2O. The minimum absolute atomic E-state index is 0.0512. The predicted molar refractivity (Wildman–Crippen MR) is 78.3 cm³/mol. The van der Waals surface area contributed by atoms with Gasteiger partial charge in [0.25, 0.3) is 0 Å². The molecule has 0 aromatic heterocycles. The molecule has 4 rings (SSSR count). The normalized spacial score (nSPS) is 34.8. The van der Waals surface area contributed by atoms with Crippen LogP contribution in [0.4, 0.5) is 0 Å². The van der Waals surface area contributed by atoms with Crippen molar-refractivity contribution in [3.63, 3.8) is 0 Å². The Bertz CT molecular complexity index is 527. The van der Waals surface area contributed by atoms with Gasteiger partial charge in [-0.3, -0.25) is 4.79 Å². The van der Waals surface area contributed by atoms with E-state index in [2.05, 4.69) is 34.9 Å². The SMILES string of the molecule is O=C(NC1CCc2ccccc21)C1NCC2CCCC21. The Morgan fingerprint density at radius 3 is 3.05 bits per heavy atom. The average Bonchev–Trinajstić information content (AvgIpc) is 3.13. The summed E-state index contributed by atoms with van der Waals surface area (Å²) >= 11 is 0. The van der Waals surface area contributed by atoms with Gasteiger partial charge in [-0.1, -0.05) is 30.7 Å². The largest absolute Gasteiger partial charge is 0.348 e. The Kier molecular flexibility index (Phi) is 3.03. The molecule has 1 aromatic carbocycles. The molecule has 0 spiro atoms. The maximum Gasteiger partial charge on any atom is 0.237 e. The van der Waals surface area contributed by atoms with Crippen LogP contribution in [0.15, 0.2) is 24.3 Å². The van der Waals surface area contributed by atoms with Crippen molar-refractivity contribution in [2.24, 2.45) is 11.8 Å². The molecule has 1 aromatic rings. The Hall–Kier alpha value is -1.35. The second kappa shape index (κ2) is 4.88. The molecule has 1 aliphatic heterocycles. The fourth-order valence-corrected chi connectivity index (χ4v) is 4.44. The lowest BCUT2D eigenvalue weighted by Crippen LogP contribution is -2.44. The van der Waals surface area contributed by atoms with Crippen LogP contribution < -0.4 is 10.6 Å². The smallest absolute Gasteiger partial charge is 0.237 e. The second-order valence-electron chi connectivity index (χ2n) is 6.54. The number of aryl methyl sites for hydroxylation is 1. The monoisotopic (exact) mass is 270 g/mol. The number of hydrogen-bond donors (Lipinski definition) is 2. The number of fused-ring (bicyclic) bond motifs is 2. The molecule has 3 nitrogen and oxygen atoms in total. The highest BCUT2D eigenvalue weighted by molar-refractivity contribution is 5.83. The molecule has 4 unspecified atom stereocenters. The zero-order chi connectivity index (χ0) is 13.5. The van der Waals surface area contributed by atoms with E-state index in [1.54, 1.807) is 0 Å². The zero-order valence-electron chi connectivity index (χ0n) is 11.8. The number of rotatable bonds is 2. The summed E-state index contributed by atoms with van der Waals surface area (Å²) in [6, 6.07) is 8.78. The molecule has 1 saturated carbocycles. The molecule has 2 fully saturated rings. The Morgan fingerprint density at radius 2 is 2.10 bits per heavy atom. The van der Waals surface area contributed by atoms with Gasteiger partial charge in [0.2, 0.25) is 5.91 Å². The van der Waals surface area contributed by atoms with Gasteiger partial charge in [-0.25, -0.2) is 0 Å². The molecule has 106 valence electrons. The first kappa shape index (κ1) is 12.4. The van der Waals surface area contributed by atoms with Crippen molar-refractivity contribution in [3.8, 4) is 0 Å². The Morgan fingerprint density at radius 1 is 1.20 bits per heavy atom. The van der Waals surface area contributed by atoms with Crippen molar-refractivity contribution in [1.82, 2.24) is 10.6 Å². The molecule has 3 heteroatoms. The molecule has 0 bridgehead atoms. The lowest BCUT2D eigenvalue weighted by molar-refractivity contribution is -0.124. The first-order valence-electron chi connectivity index (χ1n) is 7.94. The number of benzene rings is 1. The van der Waals surface area contributed by atoms with E-state index in [4.69, 9.17) is 0 Å². The van der Waals surface area contributed by atoms with E-state index >= 15 is 0 Å². The van der Waals surface area contributed by atoms with E-state index in [9.17, 15) is 4.79 Å². The van der Waals surface area contributed by atoms with E-state index in [0.29, 0.717) is 5.92 Å². The molecule has 2 aliphatic carbocycles. The molecule has 1 amide bonds. The summed E-state index contributed by atoms with van der Waals surface area (Å²) in [7, 11) is 0. The minimum Gasteiger partial charge on any atom is -0.348 e. The second-order valence-corrected chi connectivity index (χ2v) is 6.54. The average molecular weight is 270 g/mol. The molecular weight excluding hydrogens is 248 g/mol. The summed E-state index contributed by atoms with van der Waals surface area (Å²) in [5.74, 6) is 1.54. The van der Waals surface area contributed by atoms with Gasteiger partial charge >= 0.3 is 0 Å². The minimum atomic E-state index is 0.0512. The number of carbonyl (C=O) groups is 1. The van der Waals surface area contributed by atoms with Crippen LogP contribution in [0.5, 0.6) is 0 Å². The molecule has 1 heterocycles. The van der Waals surface area contributed by atoms with Gasteiger partial charge < -0.3 is 10.6 Å². The first-order valence-corrected chi connectivity index (χ1v) is 7.94. The van der Waals surface area contributed by atoms with Crippen LogP contribution >= 0.6 is 0 Å². The third-order valence-electron chi connectivity index (χ3n) is 5.48. The number of amides is 1. The summed E-state index contributed by atoms with van der Waals surface area (Å²) in [6.07, 6.45) is 5.95. The maximum absolute atomic E-state index is 12.6. The summed E-state index contributed by atoms with van der Waals surface area (Å²) < 4.78 is 0.